The molecule has 6 heteroatoms. The Kier molecular flexibility index (Phi) is 8.63. The molecule has 35 heavy (non-hydrogen) atoms. The molecule has 0 bridgehead atoms. The second-order valence-electron chi connectivity index (χ2n) is 8.46. The summed E-state index contributed by atoms with van der Waals surface area (Å²) in [6.45, 7) is 3.36. The largest absolute Gasteiger partial charge is 0.350 e. The van der Waals surface area contributed by atoms with Crippen LogP contribution in [0.2, 0.25) is 0 Å². The van der Waals surface area contributed by atoms with E-state index in [4.69, 9.17) is 0 Å². The van der Waals surface area contributed by atoms with Crippen molar-refractivity contribution < 1.29 is 9.59 Å². The minimum Gasteiger partial charge on any atom is -0.350 e. The van der Waals surface area contributed by atoms with Crippen LogP contribution in [0, 0.1) is 0 Å². The summed E-state index contributed by atoms with van der Waals surface area (Å²) in [5, 5.41) is 7.09. The highest BCUT2D eigenvalue weighted by molar-refractivity contribution is 8.00. The van der Waals surface area contributed by atoms with E-state index in [0.29, 0.717) is 24.4 Å². The predicted octanol–water partition coefficient (Wildman–Crippen LogP) is 6.14. The van der Waals surface area contributed by atoms with Crippen molar-refractivity contribution in [2.75, 3.05) is 17.6 Å². The summed E-state index contributed by atoms with van der Waals surface area (Å²) in [4.78, 5) is 26.0. The summed E-state index contributed by atoms with van der Waals surface area (Å²) in [5.41, 5.74) is 3.87. The smallest absolute Gasteiger partial charge is 0.251 e. The third-order valence-corrected chi connectivity index (χ3v) is 6.88. The van der Waals surface area contributed by atoms with Crippen LogP contribution in [0.4, 0.5) is 5.69 Å². The number of rotatable bonds is 11. The molecule has 0 atom stereocenters. The first kappa shape index (κ1) is 24.6. The van der Waals surface area contributed by atoms with Gasteiger partial charge in [0.2, 0.25) is 5.91 Å². The van der Waals surface area contributed by atoms with Crippen LogP contribution >= 0.6 is 11.8 Å². The Balaban J connectivity index is 1.33. The van der Waals surface area contributed by atoms with Crippen LogP contribution in [0.5, 0.6) is 0 Å². The summed E-state index contributed by atoms with van der Waals surface area (Å²) in [6, 6.07) is 25.5. The van der Waals surface area contributed by atoms with Crippen molar-refractivity contribution in [1.82, 2.24) is 9.88 Å². The minimum absolute atomic E-state index is 0.0248. The quantitative estimate of drug-likeness (QED) is 0.251. The standard InChI is InChI=1S/C29H31N3O2S/c1-2-3-9-22-14-16-24(17-15-22)31-28(33)21-35-27-20-32(26-13-8-7-12-25(26)27)19-18-30-29(34)23-10-5-4-6-11-23/h4-8,10-17,20H,2-3,9,18-19,21H2,1H3,(H,30,34)(H,31,33). The zero-order valence-corrected chi connectivity index (χ0v) is 20.8. The number of unbranched alkanes of at least 4 members (excludes halogenated alkanes) is 1. The number of nitrogens with zero attached hydrogens (tertiary/aromatic N) is 1. The summed E-state index contributed by atoms with van der Waals surface area (Å²) >= 11 is 1.53. The van der Waals surface area contributed by atoms with Crippen LogP contribution in [-0.4, -0.2) is 28.7 Å². The van der Waals surface area contributed by atoms with Crippen LogP contribution in [0.25, 0.3) is 10.9 Å². The van der Waals surface area contributed by atoms with E-state index in [1.165, 1.54) is 30.2 Å². The van der Waals surface area contributed by atoms with Crippen LogP contribution < -0.4 is 10.6 Å². The van der Waals surface area contributed by atoms with Gasteiger partial charge in [-0.25, -0.2) is 0 Å². The molecular weight excluding hydrogens is 454 g/mol. The Labute approximate surface area is 210 Å². The molecular formula is C29H31N3O2S. The van der Waals surface area contributed by atoms with E-state index in [9.17, 15) is 9.59 Å². The van der Waals surface area contributed by atoms with Crippen molar-refractivity contribution >= 4 is 40.2 Å². The highest BCUT2D eigenvalue weighted by atomic mass is 32.2. The molecule has 0 fully saturated rings. The average molecular weight is 486 g/mol. The third kappa shape index (κ3) is 6.76. The molecule has 0 saturated heterocycles. The predicted molar refractivity (Wildman–Crippen MR) is 145 cm³/mol. The number of hydrogen-bond donors (Lipinski definition) is 2. The minimum atomic E-state index is -0.0771. The lowest BCUT2D eigenvalue weighted by molar-refractivity contribution is -0.113. The second-order valence-corrected chi connectivity index (χ2v) is 9.48. The van der Waals surface area contributed by atoms with Gasteiger partial charge in [-0.1, -0.05) is 61.9 Å². The lowest BCUT2D eigenvalue weighted by atomic mass is 10.1. The van der Waals surface area contributed by atoms with Crippen LogP contribution in [0.1, 0.15) is 35.7 Å². The van der Waals surface area contributed by atoms with E-state index in [1.54, 1.807) is 12.1 Å². The number of aromatic nitrogens is 1. The Hall–Kier alpha value is -3.51. The maximum Gasteiger partial charge on any atom is 0.251 e. The summed E-state index contributed by atoms with van der Waals surface area (Å²) in [5.74, 6) is 0.228. The number of benzene rings is 3. The Bertz CT molecular complexity index is 1270. The van der Waals surface area contributed by atoms with Crippen molar-refractivity contribution in [3.05, 3.63) is 96.2 Å². The molecule has 180 valence electrons. The lowest BCUT2D eigenvalue weighted by Gasteiger charge is -2.07. The van der Waals surface area contributed by atoms with E-state index in [2.05, 4.69) is 52.6 Å². The summed E-state index contributed by atoms with van der Waals surface area (Å²) in [6.07, 6.45) is 5.49. The number of amides is 2. The molecule has 2 N–H and O–H groups in total. The lowest BCUT2D eigenvalue weighted by Crippen LogP contribution is -2.26. The van der Waals surface area contributed by atoms with E-state index in [0.717, 1.165) is 27.9 Å². The molecule has 2 amide bonds. The molecule has 0 saturated carbocycles. The number of para-hydroxylation sites is 1. The maximum absolute atomic E-state index is 12.6. The van der Waals surface area contributed by atoms with Gasteiger partial charge in [0, 0.05) is 46.3 Å². The molecule has 0 aliphatic carbocycles. The highest BCUT2D eigenvalue weighted by Crippen LogP contribution is 2.30. The molecule has 4 aromatic rings. The van der Waals surface area contributed by atoms with Gasteiger partial charge in [0.15, 0.2) is 0 Å². The number of thioether (sulfide) groups is 1. The molecule has 0 spiro atoms. The van der Waals surface area contributed by atoms with Crippen LogP contribution in [0.3, 0.4) is 0 Å². The fraction of sp³-hybridized carbons (Fsp3) is 0.241. The number of carbonyl (C=O) groups excluding carboxylic acids is 2. The monoisotopic (exact) mass is 485 g/mol. The fourth-order valence-electron chi connectivity index (χ4n) is 3.97. The van der Waals surface area contributed by atoms with Gasteiger partial charge in [0.05, 0.1) is 5.75 Å². The zero-order valence-electron chi connectivity index (χ0n) is 20.0. The number of nitrogens with one attached hydrogen (secondary N) is 2. The first-order valence-electron chi connectivity index (χ1n) is 12.1. The number of carbonyl (C=O) groups is 2. The molecule has 1 heterocycles. The van der Waals surface area contributed by atoms with E-state index in [-0.39, 0.29) is 11.8 Å². The van der Waals surface area contributed by atoms with Gasteiger partial charge in [-0.2, -0.15) is 0 Å². The van der Waals surface area contributed by atoms with E-state index >= 15 is 0 Å². The average Bonchev–Trinajstić information content (AvgIpc) is 3.25. The topological polar surface area (TPSA) is 63.1 Å². The van der Waals surface area contributed by atoms with E-state index in [1.807, 2.05) is 42.5 Å². The van der Waals surface area contributed by atoms with Crippen molar-refractivity contribution in [2.45, 2.75) is 37.6 Å². The highest BCUT2D eigenvalue weighted by Gasteiger charge is 2.12. The number of fused-ring (bicyclic) bond motifs is 1. The maximum atomic E-state index is 12.6. The van der Waals surface area contributed by atoms with Crippen molar-refractivity contribution in [2.24, 2.45) is 0 Å². The molecule has 0 unspecified atom stereocenters. The molecule has 3 aromatic carbocycles. The van der Waals surface area contributed by atoms with Gasteiger partial charge in [-0.3, -0.25) is 9.59 Å². The van der Waals surface area contributed by atoms with Gasteiger partial charge in [0.1, 0.15) is 0 Å². The van der Waals surface area contributed by atoms with Gasteiger partial charge in [-0.15, -0.1) is 11.8 Å². The Morgan fingerprint density at radius 2 is 1.66 bits per heavy atom. The van der Waals surface area contributed by atoms with Gasteiger partial charge < -0.3 is 15.2 Å². The van der Waals surface area contributed by atoms with Gasteiger partial charge in [0.25, 0.3) is 5.91 Å². The molecule has 4 rings (SSSR count). The fourth-order valence-corrected chi connectivity index (χ4v) is 4.86. The van der Waals surface area contributed by atoms with Gasteiger partial charge in [-0.05, 0) is 48.7 Å². The Morgan fingerprint density at radius 3 is 2.43 bits per heavy atom. The molecule has 1 aromatic heterocycles. The van der Waals surface area contributed by atoms with Crippen molar-refractivity contribution in [3.63, 3.8) is 0 Å². The molecule has 0 radical (unpaired) electrons. The summed E-state index contributed by atoms with van der Waals surface area (Å²) < 4.78 is 2.13. The Morgan fingerprint density at radius 1 is 0.914 bits per heavy atom. The molecule has 0 aliphatic rings. The van der Waals surface area contributed by atoms with Crippen LogP contribution in [0.15, 0.2) is 90.0 Å². The normalized spacial score (nSPS) is 10.9. The summed E-state index contributed by atoms with van der Waals surface area (Å²) in [7, 11) is 0. The number of hydrogen-bond acceptors (Lipinski definition) is 3. The van der Waals surface area contributed by atoms with Crippen LogP contribution in [-0.2, 0) is 17.8 Å². The van der Waals surface area contributed by atoms with Crippen molar-refractivity contribution in [1.29, 1.82) is 0 Å². The zero-order chi connectivity index (χ0) is 24.5. The first-order chi connectivity index (χ1) is 17.1. The molecule has 0 aliphatic heterocycles. The number of aryl methyl sites for hydroxylation is 1. The van der Waals surface area contributed by atoms with Crippen molar-refractivity contribution in [3.8, 4) is 0 Å². The SMILES string of the molecule is CCCCc1ccc(NC(=O)CSc2cn(CCNC(=O)c3ccccc3)c3ccccc23)cc1. The first-order valence-corrected chi connectivity index (χ1v) is 13.1. The second kappa shape index (κ2) is 12.3. The molecule has 5 nitrogen and oxygen atoms in total. The number of anilines is 1. The third-order valence-electron chi connectivity index (χ3n) is 5.84. The van der Waals surface area contributed by atoms with Gasteiger partial charge >= 0.3 is 0 Å². The van der Waals surface area contributed by atoms with E-state index < -0.39 is 0 Å².